The van der Waals surface area contributed by atoms with E-state index >= 15 is 0 Å². The molecule has 0 atom stereocenters. The van der Waals surface area contributed by atoms with Crippen molar-refractivity contribution in [2.24, 2.45) is 5.73 Å². The molecule has 0 spiro atoms. The van der Waals surface area contributed by atoms with E-state index in [0.717, 1.165) is 5.56 Å². The third-order valence-electron chi connectivity index (χ3n) is 1.48. The largest absolute Gasteiger partial charge is 0.368 e. The van der Waals surface area contributed by atoms with Gasteiger partial charge in [0.2, 0.25) is 5.91 Å². The number of carbonyl (C=O) groups excluding carboxylic acids is 1. The molecule has 1 amide bonds. The van der Waals surface area contributed by atoms with Gasteiger partial charge in [-0.1, -0.05) is 27.7 Å². The maximum absolute atomic E-state index is 11.1. The Bertz CT molecular complexity index is 356. The van der Waals surface area contributed by atoms with Gasteiger partial charge in [-0.15, -0.1) is 0 Å². The van der Waals surface area contributed by atoms with E-state index in [2.05, 4.69) is 0 Å². The van der Waals surface area contributed by atoms with Gasteiger partial charge in [0.05, 0.1) is 0 Å². The minimum Gasteiger partial charge on any atom is -0.368 e. The Hall–Kier alpha value is -1.58. The second-order valence-electron chi connectivity index (χ2n) is 2.64. The maximum Gasteiger partial charge on any atom is 0.251 e. The van der Waals surface area contributed by atoms with Gasteiger partial charge in [0, 0.05) is 12.3 Å². The molecular weight excluding hydrogens is 204 g/mol. The van der Waals surface area contributed by atoms with Crippen LogP contribution in [-0.2, 0) is 11.3 Å². The van der Waals surface area contributed by atoms with Gasteiger partial charge >= 0.3 is 0 Å². The molecule has 1 rings (SSSR count). The third kappa shape index (κ3) is 6.81. The van der Waals surface area contributed by atoms with Crippen molar-refractivity contribution in [1.29, 1.82) is 0 Å². The zero-order valence-corrected chi connectivity index (χ0v) is 10.8. The lowest BCUT2D eigenvalue weighted by Gasteiger charge is -2.01. The fraction of sp³-hybridized carbons (Fsp3) is 0.500. The Balaban J connectivity index is 0. The summed E-state index contributed by atoms with van der Waals surface area (Å²) in [6.45, 7) is 9.76. The monoisotopic (exact) mass is 226 g/mol. The van der Waals surface area contributed by atoms with Gasteiger partial charge in [0.15, 0.2) is 0 Å². The zero-order chi connectivity index (χ0) is 13.1. The molecular formula is C12H22N2O2. The minimum atomic E-state index is -0.513. The predicted molar refractivity (Wildman–Crippen MR) is 67.3 cm³/mol. The van der Waals surface area contributed by atoms with Crippen LogP contribution < -0.4 is 11.3 Å². The van der Waals surface area contributed by atoms with Crippen LogP contribution in [0.5, 0.6) is 0 Å². The highest BCUT2D eigenvalue weighted by atomic mass is 16.2. The van der Waals surface area contributed by atoms with Crippen LogP contribution in [0.25, 0.3) is 0 Å². The van der Waals surface area contributed by atoms with E-state index in [1.54, 1.807) is 12.3 Å². The summed E-state index contributed by atoms with van der Waals surface area (Å²) >= 11 is 0. The number of amides is 1. The van der Waals surface area contributed by atoms with Crippen molar-refractivity contribution >= 4 is 5.91 Å². The SMILES string of the molecule is CC.CC.Cc1ccn(CC(N)=O)c(=O)c1. The van der Waals surface area contributed by atoms with Gasteiger partial charge in [0.25, 0.3) is 5.56 Å². The number of rotatable bonds is 2. The fourth-order valence-electron chi connectivity index (χ4n) is 0.905. The molecule has 4 heteroatoms. The summed E-state index contributed by atoms with van der Waals surface area (Å²) in [5.74, 6) is -0.513. The van der Waals surface area contributed by atoms with Gasteiger partial charge in [0.1, 0.15) is 6.54 Å². The second-order valence-corrected chi connectivity index (χ2v) is 2.64. The molecule has 0 bridgehead atoms. The number of primary amides is 1. The molecule has 1 aromatic heterocycles. The molecule has 2 N–H and O–H groups in total. The number of aromatic nitrogens is 1. The summed E-state index contributed by atoms with van der Waals surface area (Å²) in [6, 6.07) is 3.22. The molecule has 0 aliphatic heterocycles. The van der Waals surface area contributed by atoms with Crippen molar-refractivity contribution in [3.63, 3.8) is 0 Å². The van der Waals surface area contributed by atoms with E-state index in [-0.39, 0.29) is 12.1 Å². The highest BCUT2D eigenvalue weighted by molar-refractivity contribution is 5.73. The highest BCUT2D eigenvalue weighted by Gasteiger charge is 1.98. The first-order chi connectivity index (χ1) is 7.59. The normalized spacial score (nSPS) is 8.06. The number of nitrogens with zero attached hydrogens (tertiary/aromatic N) is 1. The summed E-state index contributed by atoms with van der Waals surface area (Å²) in [5.41, 5.74) is 5.61. The highest BCUT2D eigenvalue weighted by Crippen LogP contribution is 1.89. The predicted octanol–water partition coefficient (Wildman–Crippen LogP) is 1.69. The Morgan fingerprint density at radius 2 is 1.81 bits per heavy atom. The minimum absolute atomic E-state index is 0.0564. The van der Waals surface area contributed by atoms with Crippen LogP contribution in [0.4, 0.5) is 0 Å². The second kappa shape index (κ2) is 9.96. The molecule has 16 heavy (non-hydrogen) atoms. The van der Waals surface area contributed by atoms with Crippen molar-refractivity contribution in [2.45, 2.75) is 41.2 Å². The summed E-state index contributed by atoms with van der Waals surface area (Å²) in [4.78, 5) is 21.6. The number of hydrogen-bond donors (Lipinski definition) is 1. The molecule has 0 fully saturated rings. The van der Waals surface area contributed by atoms with Crippen molar-refractivity contribution in [3.05, 3.63) is 34.2 Å². The number of pyridine rings is 1. The van der Waals surface area contributed by atoms with Crippen LogP contribution >= 0.6 is 0 Å². The Morgan fingerprint density at radius 3 is 2.19 bits per heavy atom. The molecule has 0 radical (unpaired) electrons. The van der Waals surface area contributed by atoms with Gasteiger partial charge in [-0.3, -0.25) is 9.59 Å². The molecule has 0 aliphatic rings. The molecule has 0 aliphatic carbocycles. The Kier molecular flexibility index (Phi) is 10.5. The van der Waals surface area contributed by atoms with Crippen LogP contribution in [0.1, 0.15) is 33.3 Å². The Labute approximate surface area is 97.1 Å². The van der Waals surface area contributed by atoms with Crippen molar-refractivity contribution < 1.29 is 4.79 Å². The van der Waals surface area contributed by atoms with Gasteiger partial charge < -0.3 is 10.3 Å². The third-order valence-corrected chi connectivity index (χ3v) is 1.48. The average Bonchev–Trinajstić information content (AvgIpc) is 2.28. The molecule has 0 saturated carbocycles. The van der Waals surface area contributed by atoms with Gasteiger partial charge in [-0.05, 0) is 18.6 Å². The van der Waals surface area contributed by atoms with Crippen molar-refractivity contribution in [2.75, 3.05) is 0 Å². The van der Waals surface area contributed by atoms with Crippen LogP contribution in [0, 0.1) is 6.92 Å². The molecule has 1 aromatic rings. The number of aryl methyl sites for hydroxylation is 1. The van der Waals surface area contributed by atoms with Gasteiger partial charge in [-0.2, -0.15) is 0 Å². The lowest BCUT2D eigenvalue weighted by Crippen LogP contribution is -2.27. The summed E-state index contributed by atoms with van der Waals surface area (Å²) in [6.07, 6.45) is 1.56. The first kappa shape index (κ1) is 16.8. The zero-order valence-electron chi connectivity index (χ0n) is 10.8. The quantitative estimate of drug-likeness (QED) is 0.834. The lowest BCUT2D eigenvalue weighted by molar-refractivity contribution is -0.118. The summed E-state index contributed by atoms with van der Waals surface area (Å²) < 4.78 is 1.27. The molecule has 0 aromatic carbocycles. The topological polar surface area (TPSA) is 65.1 Å². The molecule has 0 unspecified atom stereocenters. The summed E-state index contributed by atoms with van der Waals surface area (Å²) in [5, 5.41) is 0. The Morgan fingerprint density at radius 1 is 1.31 bits per heavy atom. The fourth-order valence-corrected chi connectivity index (χ4v) is 0.905. The van der Waals surface area contributed by atoms with Crippen LogP contribution in [0.3, 0.4) is 0 Å². The van der Waals surface area contributed by atoms with E-state index < -0.39 is 5.91 Å². The van der Waals surface area contributed by atoms with Crippen molar-refractivity contribution in [1.82, 2.24) is 4.57 Å². The molecule has 92 valence electrons. The maximum atomic E-state index is 11.1. The summed E-state index contributed by atoms with van der Waals surface area (Å²) in [7, 11) is 0. The van der Waals surface area contributed by atoms with Crippen LogP contribution in [0.15, 0.2) is 23.1 Å². The lowest BCUT2D eigenvalue weighted by atomic mass is 10.3. The smallest absolute Gasteiger partial charge is 0.251 e. The number of hydrogen-bond acceptors (Lipinski definition) is 2. The van der Waals surface area contributed by atoms with E-state index in [1.807, 2.05) is 34.6 Å². The van der Waals surface area contributed by atoms with E-state index in [0.29, 0.717) is 0 Å². The molecule has 1 heterocycles. The van der Waals surface area contributed by atoms with E-state index in [9.17, 15) is 9.59 Å². The van der Waals surface area contributed by atoms with E-state index in [4.69, 9.17) is 5.73 Å². The van der Waals surface area contributed by atoms with E-state index in [1.165, 1.54) is 10.6 Å². The van der Waals surface area contributed by atoms with Crippen LogP contribution in [-0.4, -0.2) is 10.5 Å². The number of carbonyl (C=O) groups is 1. The molecule has 0 saturated heterocycles. The molecule has 4 nitrogen and oxygen atoms in total. The van der Waals surface area contributed by atoms with Crippen LogP contribution in [0.2, 0.25) is 0 Å². The average molecular weight is 226 g/mol. The number of nitrogens with two attached hydrogens (primary N) is 1. The first-order valence-electron chi connectivity index (χ1n) is 5.55. The van der Waals surface area contributed by atoms with Crippen molar-refractivity contribution in [3.8, 4) is 0 Å². The standard InChI is InChI=1S/C8H10N2O2.2C2H6/c1-6-2-3-10(5-7(9)11)8(12)4-6;2*1-2/h2-4H,5H2,1H3,(H2,9,11);2*1-2H3. The first-order valence-corrected chi connectivity index (χ1v) is 5.55. The van der Waals surface area contributed by atoms with Gasteiger partial charge in [-0.25, -0.2) is 0 Å².